The van der Waals surface area contributed by atoms with Crippen molar-refractivity contribution < 1.29 is 14.0 Å². The van der Waals surface area contributed by atoms with Crippen LogP contribution in [0.15, 0.2) is 16.8 Å². The first-order valence-electron chi connectivity index (χ1n) is 9.27. The smallest absolute Gasteiger partial charge is 0.276 e. The van der Waals surface area contributed by atoms with E-state index in [1.807, 2.05) is 7.05 Å². The maximum absolute atomic E-state index is 12.8. The van der Waals surface area contributed by atoms with Crippen molar-refractivity contribution >= 4 is 11.8 Å². The van der Waals surface area contributed by atoms with Crippen LogP contribution in [0.4, 0.5) is 0 Å². The van der Waals surface area contributed by atoms with Crippen LogP contribution in [0.2, 0.25) is 0 Å². The van der Waals surface area contributed by atoms with Crippen molar-refractivity contribution in [3.63, 3.8) is 0 Å². The predicted octanol–water partition coefficient (Wildman–Crippen LogP) is 0.420. The lowest BCUT2D eigenvalue weighted by molar-refractivity contribution is -0.122. The third-order valence-electron chi connectivity index (χ3n) is 4.92. The van der Waals surface area contributed by atoms with Crippen molar-refractivity contribution in [1.82, 2.24) is 29.9 Å². The van der Waals surface area contributed by atoms with Crippen LogP contribution < -0.4 is 5.32 Å². The number of carbonyl (C=O) groups is 2. The van der Waals surface area contributed by atoms with Crippen LogP contribution >= 0.6 is 0 Å². The van der Waals surface area contributed by atoms with E-state index in [1.54, 1.807) is 28.9 Å². The third kappa shape index (κ3) is 4.02. The molecule has 0 aromatic carbocycles. The Morgan fingerprint density at radius 3 is 2.63 bits per heavy atom. The second-order valence-electron chi connectivity index (χ2n) is 7.24. The largest absolute Gasteiger partial charge is 0.440 e. The lowest BCUT2D eigenvalue weighted by Gasteiger charge is -2.34. The molecule has 144 valence electrons. The van der Waals surface area contributed by atoms with E-state index < -0.39 is 0 Å². The summed E-state index contributed by atoms with van der Waals surface area (Å²) in [4.78, 5) is 33.0. The van der Waals surface area contributed by atoms with Gasteiger partial charge in [-0.15, -0.1) is 0 Å². The molecule has 3 heterocycles. The Bertz CT molecular complexity index is 845. The number of carbonyl (C=O) groups excluding carboxylic acids is 2. The summed E-state index contributed by atoms with van der Waals surface area (Å²) in [6.07, 6.45) is 5.63. The number of hydrogen-bond acceptors (Lipinski definition) is 6. The zero-order chi connectivity index (χ0) is 19.0. The molecule has 0 spiro atoms. The SMILES string of the molecule is Cc1oc(-c2cnn(C)c2)nc1C(=O)N1CCN(CC(=O)NC2CC2)CC1. The van der Waals surface area contributed by atoms with E-state index in [4.69, 9.17) is 4.42 Å². The standard InChI is InChI=1S/C18H24N6O3/c1-12-16(21-17(27-12)13-9-19-22(2)10-13)18(26)24-7-5-23(6-8-24)11-15(25)20-14-3-4-14/h9-10,14H,3-8,11H2,1-2H3,(H,20,25). The second kappa shape index (κ2) is 7.15. The first-order chi connectivity index (χ1) is 13.0. The molecule has 1 saturated heterocycles. The Morgan fingerprint density at radius 2 is 2.00 bits per heavy atom. The fraction of sp³-hybridized carbons (Fsp3) is 0.556. The second-order valence-corrected chi connectivity index (χ2v) is 7.24. The summed E-state index contributed by atoms with van der Waals surface area (Å²) >= 11 is 0. The van der Waals surface area contributed by atoms with E-state index in [0.717, 1.165) is 18.4 Å². The number of nitrogens with one attached hydrogen (secondary N) is 1. The van der Waals surface area contributed by atoms with E-state index in [9.17, 15) is 9.59 Å². The molecule has 0 unspecified atom stereocenters. The average molecular weight is 372 g/mol. The Balaban J connectivity index is 1.35. The van der Waals surface area contributed by atoms with Crippen molar-refractivity contribution in [3.8, 4) is 11.5 Å². The molecular weight excluding hydrogens is 348 g/mol. The number of amides is 2. The quantitative estimate of drug-likeness (QED) is 0.817. The van der Waals surface area contributed by atoms with Crippen LogP contribution in [-0.4, -0.2) is 75.1 Å². The zero-order valence-corrected chi connectivity index (χ0v) is 15.6. The van der Waals surface area contributed by atoms with E-state index in [2.05, 4.69) is 20.3 Å². The topological polar surface area (TPSA) is 96.5 Å². The molecular formula is C18H24N6O3. The highest BCUT2D eigenvalue weighted by atomic mass is 16.4. The van der Waals surface area contributed by atoms with Gasteiger partial charge in [-0.3, -0.25) is 19.2 Å². The molecule has 1 N–H and O–H groups in total. The number of rotatable bonds is 5. The highest BCUT2D eigenvalue weighted by molar-refractivity contribution is 5.93. The summed E-state index contributed by atoms with van der Waals surface area (Å²) in [5.74, 6) is 0.851. The summed E-state index contributed by atoms with van der Waals surface area (Å²) in [6, 6.07) is 0.379. The van der Waals surface area contributed by atoms with Gasteiger partial charge in [0.05, 0.1) is 18.3 Å². The molecule has 2 aromatic heterocycles. The van der Waals surface area contributed by atoms with Crippen molar-refractivity contribution in [3.05, 3.63) is 23.8 Å². The molecule has 1 saturated carbocycles. The van der Waals surface area contributed by atoms with Gasteiger partial charge < -0.3 is 14.6 Å². The van der Waals surface area contributed by atoms with Gasteiger partial charge in [0.1, 0.15) is 5.76 Å². The summed E-state index contributed by atoms with van der Waals surface area (Å²) < 4.78 is 7.33. The van der Waals surface area contributed by atoms with Gasteiger partial charge in [-0.2, -0.15) is 5.10 Å². The molecule has 0 bridgehead atoms. The van der Waals surface area contributed by atoms with Gasteiger partial charge in [0.2, 0.25) is 11.8 Å². The number of aryl methyl sites for hydroxylation is 2. The van der Waals surface area contributed by atoms with Gasteiger partial charge in [-0.1, -0.05) is 0 Å². The normalized spacial score (nSPS) is 17.9. The number of piperazine rings is 1. The molecule has 0 atom stereocenters. The minimum Gasteiger partial charge on any atom is -0.440 e. The maximum atomic E-state index is 12.8. The molecule has 27 heavy (non-hydrogen) atoms. The molecule has 2 amide bonds. The zero-order valence-electron chi connectivity index (χ0n) is 15.6. The van der Waals surface area contributed by atoms with Crippen molar-refractivity contribution in [2.75, 3.05) is 32.7 Å². The Labute approximate surface area is 157 Å². The number of hydrogen-bond donors (Lipinski definition) is 1. The number of aromatic nitrogens is 3. The Kier molecular flexibility index (Phi) is 4.69. The van der Waals surface area contributed by atoms with Crippen molar-refractivity contribution in [2.45, 2.75) is 25.8 Å². The molecule has 1 aliphatic heterocycles. The lowest BCUT2D eigenvalue weighted by Crippen LogP contribution is -2.51. The summed E-state index contributed by atoms with van der Waals surface area (Å²) in [6.45, 7) is 4.64. The predicted molar refractivity (Wildman–Crippen MR) is 97.0 cm³/mol. The van der Waals surface area contributed by atoms with Gasteiger partial charge in [-0.05, 0) is 19.8 Å². The Hall–Kier alpha value is -2.68. The van der Waals surface area contributed by atoms with Crippen LogP contribution in [0, 0.1) is 6.92 Å². The fourth-order valence-corrected chi connectivity index (χ4v) is 3.21. The van der Waals surface area contributed by atoms with E-state index >= 15 is 0 Å². The van der Waals surface area contributed by atoms with Crippen molar-refractivity contribution in [2.24, 2.45) is 7.05 Å². The van der Waals surface area contributed by atoms with Gasteiger partial charge >= 0.3 is 0 Å². The van der Waals surface area contributed by atoms with Gasteiger partial charge in [0.15, 0.2) is 5.69 Å². The first-order valence-corrected chi connectivity index (χ1v) is 9.27. The van der Waals surface area contributed by atoms with E-state index in [0.29, 0.717) is 56.1 Å². The molecule has 4 rings (SSSR count). The molecule has 2 fully saturated rings. The van der Waals surface area contributed by atoms with Crippen molar-refractivity contribution in [1.29, 1.82) is 0 Å². The monoisotopic (exact) mass is 372 g/mol. The summed E-state index contributed by atoms with van der Waals surface area (Å²) in [5, 5.41) is 7.10. The molecule has 2 aromatic rings. The summed E-state index contributed by atoms with van der Waals surface area (Å²) in [5.41, 5.74) is 1.08. The molecule has 1 aliphatic carbocycles. The maximum Gasteiger partial charge on any atom is 0.276 e. The highest BCUT2D eigenvalue weighted by Crippen LogP contribution is 2.22. The Morgan fingerprint density at radius 1 is 1.26 bits per heavy atom. The van der Waals surface area contributed by atoms with Crippen LogP contribution in [-0.2, 0) is 11.8 Å². The molecule has 9 nitrogen and oxygen atoms in total. The number of oxazole rings is 1. The van der Waals surface area contributed by atoms with Gasteiger partial charge in [0.25, 0.3) is 5.91 Å². The minimum atomic E-state index is -0.131. The average Bonchev–Trinajstić information content (AvgIpc) is 3.20. The van der Waals surface area contributed by atoms with Crippen LogP contribution in [0.5, 0.6) is 0 Å². The number of nitrogens with zero attached hydrogens (tertiary/aromatic N) is 5. The third-order valence-corrected chi connectivity index (χ3v) is 4.92. The van der Waals surface area contributed by atoms with Gasteiger partial charge in [-0.25, -0.2) is 4.98 Å². The highest BCUT2D eigenvalue weighted by Gasteiger charge is 2.29. The molecule has 0 radical (unpaired) electrons. The van der Waals surface area contributed by atoms with Gasteiger partial charge in [0, 0.05) is 45.5 Å². The fourth-order valence-electron chi connectivity index (χ4n) is 3.21. The first kappa shape index (κ1) is 17.7. The molecule has 9 heteroatoms. The van der Waals surface area contributed by atoms with E-state index in [-0.39, 0.29) is 11.8 Å². The van der Waals surface area contributed by atoms with Crippen LogP contribution in [0.3, 0.4) is 0 Å². The minimum absolute atomic E-state index is 0.0748. The van der Waals surface area contributed by atoms with E-state index in [1.165, 1.54) is 0 Å². The van der Waals surface area contributed by atoms with Crippen LogP contribution in [0.25, 0.3) is 11.5 Å². The van der Waals surface area contributed by atoms with Crippen LogP contribution in [0.1, 0.15) is 29.1 Å². The summed E-state index contributed by atoms with van der Waals surface area (Å²) in [7, 11) is 1.82. The lowest BCUT2D eigenvalue weighted by atomic mass is 10.2. The molecule has 2 aliphatic rings.